The molecule has 0 unspecified atom stereocenters. The summed E-state index contributed by atoms with van der Waals surface area (Å²) in [7, 11) is 0. The first kappa shape index (κ1) is 16.2. The van der Waals surface area contributed by atoms with E-state index in [1.54, 1.807) is 0 Å². The molecule has 0 atom stereocenters. The van der Waals surface area contributed by atoms with Gasteiger partial charge in [0.2, 0.25) is 0 Å². The second-order valence-corrected chi connectivity index (χ2v) is 6.88. The molecule has 1 fully saturated rings. The van der Waals surface area contributed by atoms with E-state index < -0.39 is 0 Å². The van der Waals surface area contributed by atoms with Crippen molar-refractivity contribution >= 4 is 17.3 Å². The molecule has 0 aliphatic carbocycles. The first-order chi connectivity index (χ1) is 12.3. The van der Waals surface area contributed by atoms with Crippen LogP contribution in [0.15, 0.2) is 65.2 Å². The van der Waals surface area contributed by atoms with Gasteiger partial charge in [-0.15, -0.1) is 0 Å². The number of aromatic nitrogens is 1. The summed E-state index contributed by atoms with van der Waals surface area (Å²) < 4.78 is 5.51. The van der Waals surface area contributed by atoms with Gasteiger partial charge in [0.25, 0.3) is 0 Å². The van der Waals surface area contributed by atoms with Crippen LogP contribution in [0.4, 0.5) is 5.69 Å². The first-order valence-corrected chi connectivity index (χ1v) is 9.01. The Morgan fingerprint density at radius 1 is 1.00 bits per heavy atom. The number of piperazine rings is 1. The first-order valence-electron chi connectivity index (χ1n) is 8.63. The van der Waals surface area contributed by atoms with Gasteiger partial charge in [-0.3, -0.25) is 0 Å². The lowest BCUT2D eigenvalue weighted by molar-refractivity contribution is -0.914. The van der Waals surface area contributed by atoms with Crippen LogP contribution in [-0.4, -0.2) is 31.3 Å². The fraction of sp³-hybridized carbons (Fsp3) is 0.250. The van der Waals surface area contributed by atoms with E-state index in [9.17, 15) is 0 Å². The van der Waals surface area contributed by atoms with E-state index in [-0.39, 0.29) is 0 Å². The van der Waals surface area contributed by atoms with Gasteiger partial charge in [0.05, 0.1) is 26.2 Å². The maximum atomic E-state index is 6.10. The second-order valence-electron chi connectivity index (χ2n) is 6.44. The Morgan fingerprint density at radius 2 is 1.80 bits per heavy atom. The van der Waals surface area contributed by atoms with Crippen molar-refractivity contribution in [2.24, 2.45) is 0 Å². The van der Waals surface area contributed by atoms with Crippen molar-refractivity contribution in [2.75, 3.05) is 31.1 Å². The van der Waals surface area contributed by atoms with Crippen LogP contribution in [0.25, 0.3) is 11.3 Å². The lowest BCUT2D eigenvalue weighted by atomic mass is 10.1. The van der Waals surface area contributed by atoms with Crippen LogP contribution >= 0.6 is 11.6 Å². The van der Waals surface area contributed by atoms with Crippen LogP contribution in [-0.2, 0) is 6.54 Å². The molecule has 1 aromatic heterocycles. The van der Waals surface area contributed by atoms with Crippen molar-refractivity contribution in [3.63, 3.8) is 0 Å². The summed E-state index contributed by atoms with van der Waals surface area (Å²) in [6.07, 6.45) is 0. The fourth-order valence-electron chi connectivity index (χ4n) is 3.32. The fourth-order valence-corrected chi connectivity index (χ4v) is 3.51. The van der Waals surface area contributed by atoms with Crippen LogP contribution in [0.1, 0.15) is 5.69 Å². The van der Waals surface area contributed by atoms with Gasteiger partial charge in [0.15, 0.2) is 5.76 Å². The van der Waals surface area contributed by atoms with Crippen molar-refractivity contribution in [1.82, 2.24) is 5.16 Å². The maximum absolute atomic E-state index is 6.10. The SMILES string of the molecule is Clc1cccc(N2CC[NH+](Cc3cc(-c4ccccc4)on3)CC2)c1. The highest BCUT2D eigenvalue weighted by Crippen LogP contribution is 2.20. The van der Waals surface area contributed by atoms with Gasteiger partial charge < -0.3 is 14.3 Å². The zero-order valence-corrected chi connectivity index (χ0v) is 14.7. The predicted molar refractivity (Wildman–Crippen MR) is 100 cm³/mol. The summed E-state index contributed by atoms with van der Waals surface area (Å²) in [5.41, 5.74) is 3.30. The molecular weight excluding hydrogens is 334 g/mol. The monoisotopic (exact) mass is 354 g/mol. The minimum Gasteiger partial charge on any atom is -0.360 e. The average molecular weight is 355 g/mol. The van der Waals surface area contributed by atoms with E-state index in [0.29, 0.717) is 0 Å². The number of anilines is 1. The van der Waals surface area contributed by atoms with Gasteiger partial charge >= 0.3 is 0 Å². The Morgan fingerprint density at radius 3 is 2.56 bits per heavy atom. The van der Waals surface area contributed by atoms with E-state index in [2.05, 4.69) is 22.2 Å². The summed E-state index contributed by atoms with van der Waals surface area (Å²) in [6.45, 7) is 5.12. The summed E-state index contributed by atoms with van der Waals surface area (Å²) in [4.78, 5) is 3.93. The van der Waals surface area contributed by atoms with E-state index >= 15 is 0 Å². The number of hydrogen-bond donors (Lipinski definition) is 1. The molecule has 2 aromatic carbocycles. The molecule has 1 aliphatic heterocycles. The van der Waals surface area contributed by atoms with Gasteiger partial charge in [-0.05, 0) is 18.2 Å². The molecule has 1 aliphatic rings. The normalized spacial score (nSPS) is 15.5. The summed E-state index contributed by atoms with van der Waals surface area (Å²) in [5.74, 6) is 0.840. The Hall–Kier alpha value is -2.30. The lowest BCUT2D eigenvalue weighted by Gasteiger charge is -2.33. The molecule has 0 spiro atoms. The second kappa shape index (κ2) is 7.30. The number of nitrogens with zero attached hydrogens (tertiary/aromatic N) is 2. The van der Waals surface area contributed by atoms with Gasteiger partial charge in [-0.25, -0.2) is 0 Å². The van der Waals surface area contributed by atoms with Crippen molar-refractivity contribution < 1.29 is 9.42 Å². The largest absolute Gasteiger partial charge is 0.360 e. The topological polar surface area (TPSA) is 33.7 Å². The van der Waals surface area contributed by atoms with Crippen molar-refractivity contribution in [3.8, 4) is 11.3 Å². The van der Waals surface area contributed by atoms with Crippen molar-refractivity contribution in [3.05, 3.63) is 71.4 Å². The van der Waals surface area contributed by atoms with E-state index in [4.69, 9.17) is 16.1 Å². The molecule has 0 amide bonds. The van der Waals surface area contributed by atoms with Gasteiger partial charge in [-0.1, -0.05) is 53.2 Å². The maximum Gasteiger partial charge on any atom is 0.167 e. The zero-order valence-electron chi connectivity index (χ0n) is 14.0. The molecule has 25 heavy (non-hydrogen) atoms. The molecular formula is C20H21ClN3O+. The number of hydrogen-bond acceptors (Lipinski definition) is 3. The molecule has 2 heterocycles. The van der Waals surface area contributed by atoms with Gasteiger partial charge in [-0.2, -0.15) is 0 Å². The molecule has 3 aromatic rings. The Labute approximate surface area is 152 Å². The van der Waals surface area contributed by atoms with E-state index in [1.807, 2.05) is 48.5 Å². The third kappa shape index (κ3) is 3.86. The molecule has 128 valence electrons. The number of nitrogens with one attached hydrogen (secondary N) is 1. The quantitative estimate of drug-likeness (QED) is 0.782. The van der Waals surface area contributed by atoms with Crippen LogP contribution in [0.3, 0.4) is 0 Å². The number of rotatable bonds is 4. The highest BCUT2D eigenvalue weighted by Gasteiger charge is 2.22. The predicted octanol–water partition coefficient (Wildman–Crippen LogP) is 2.90. The van der Waals surface area contributed by atoms with Crippen molar-refractivity contribution in [2.45, 2.75) is 6.54 Å². The Bertz CT molecular complexity index is 826. The minimum atomic E-state index is 0.795. The number of benzene rings is 2. The standard InChI is InChI=1S/C20H20ClN3O/c21-17-7-4-8-19(13-17)24-11-9-23(10-12-24)15-18-14-20(25-22-18)16-5-2-1-3-6-16/h1-8,13-14H,9-12,15H2/p+1. The molecule has 1 N–H and O–H groups in total. The average Bonchev–Trinajstić information content (AvgIpc) is 3.12. The lowest BCUT2D eigenvalue weighted by Crippen LogP contribution is -3.13. The van der Waals surface area contributed by atoms with Gasteiger partial charge in [0, 0.05) is 22.3 Å². The molecule has 0 bridgehead atoms. The number of quaternary nitrogens is 1. The molecule has 5 heteroatoms. The van der Waals surface area contributed by atoms with Gasteiger partial charge in [0.1, 0.15) is 12.2 Å². The van der Waals surface area contributed by atoms with Crippen LogP contribution in [0.5, 0.6) is 0 Å². The minimum absolute atomic E-state index is 0.795. The Kier molecular flexibility index (Phi) is 4.72. The summed E-state index contributed by atoms with van der Waals surface area (Å²) in [6, 6.07) is 20.3. The molecule has 0 radical (unpaired) electrons. The third-order valence-electron chi connectivity index (χ3n) is 4.69. The molecule has 4 rings (SSSR count). The zero-order chi connectivity index (χ0) is 17.1. The molecule has 0 saturated carbocycles. The van der Waals surface area contributed by atoms with E-state index in [1.165, 1.54) is 10.6 Å². The summed E-state index contributed by atoms with van der Waals surface area (Å²) in [5, 5.41) is 5.04. The van der Waals surface area contributed by atoms with E-state index in [0.717, 1.165) is 54.8 Å². The highest BCUT2D eigenvalue weighted by atomic mass is 35.5. The molecule has 4 nitrogen and oxygen atoms in total. The van der Waals surface area contributed by atoms with Crippen molar-refractivity contribution in [1.29, 1.82) is 0 Å². The van der Waals surface area contributed by atoms with Crippen LogP contribution < -0.4 is 9.80 Å². The third-order valence-corrected chi connectivity index (χ3v) is 4.93. The summed E-state index contributed by atoms with van der Waals surface area (Å²) >= 11 is 6.10. The smallest absolute Gasteiger partial charge is 0.167 e. The molecule has 1 saturated heterocycles. The van der Waals surface area contributed by atoms with Crippen LogP contribution in [0.2, 0.25) is 5.02 Å². The highest BCUT2D eigenvalue weighted by molar-refractivity contribution is 6.30. The Balaban J connectivity index is 1.35. The van der Waals surface area contributed by atoms with Crippen LogP contribution in [0, 0.1) is 0 Å². The number of halogens is 1.